The van der Waals surface area contributed by atoms with Crippen LogP contribution in [0.15, 0.2) is 54.7 Å². The second-order valence-electron chi connectivity index (χ2n) is 8.39. The minimum atomic E-state index is -3.62. The zero-order valence-electron chi connectivity index (χ0n) is 20.3. The fraction of sp³-hybridized carbons (Fsp3) is 0.292. The predicted molar refractivity (Wildman–Crippen MR) is 139 cm³/mol. The summed E-state index contributed by atoms with van der Waals surface area (Å²) in [4.78, 5) is 15.8. The van der Waals surface area contributed by atoms with Crippen molar-refractivity contribution in [3.63, 3.8) is 0 Å². The minimum Gasteiger partial charge on any atom is -0.383 e. The smallest absolute Gasteiger partial charge is 0.306 e. The van der Waals surface area contributed by atoms with Gasteiger partial charge in [0.05, 0.1) is 17.3 Å². The van der Waals surface area contributed by atoms with Crippen LogP contribution in [-0.4, -0.2) is 46.8 Å². The molecule has 0 unspecified atom stereocenters. The van der Waals surface area contributed by atoms with Crippen LogP contribution >= 0.6 is 0 Å². The van der Waals surface area contributed by atoms with E-state index in [2.05, 4.69) is 52.3 Å². The fourth-order valence-corrected chi connectivity index (χ4v) is 4.16. The van der Waals surface area contributed by atoms with Crippen molar-refractivity contribution >= 4 is 50.2 Å². The van der Waals surface area contributed by atoms with Gasteiger partial charge in [-0.25, -0.2) is 9.97 Å². The van der Waals surface area contributed by atoms with Crippen molar-refractivity contribution in [2.45, 2.75) is 26.8 Å². The molecule has 0 aliphatic carbocycles. The predicted octanol–water partition coefficient (Wildman–Crippen LogP) is 4.42. The highest BCUT2D eigenvalue weighted by Crippen LogP contribution is 2.29. The first kappa shape index (κ1) is 24.3. The molecule has 4 rings (SSSR count). The summed E-state index contributed by atoms with van der Waals surface area (Å²) in [6, 6.07) is 14.9. The van der Waals surface area contributed by atoms with E-state index < -0.39 is 10.1 Å². The quantitative estimate of drug-likeness (QED) is 0.326. The molecule has 0 aliphatic rings. The van der Waals surface area contributed by atoms with Crippen LogP contribution in [0, 0.1) is 0 Å². The van der Waals surface area contributed by atoms with Crippen LogP contribution in [0.2, 0.25) is 0 Å². The lowest BCUT2D eigenvalue weighted by Crippen LogP contribution is -2.18. The first-order valence-corrected chi connectivity index (χ1v) is 13.0. The average molecular weight is 496 g/mol. The number of nitrogens with zero attached hydrogens (tertiary/aromatic N) is 5. The third-order valence-electron chi connectivity index (χ3n) is 5.17. The third-order valence-corrected chi connectivity index (χ3v) is 5.66. The van der Waals surface area contributed by atoms with E-state index >= 15 is 0 Å². The molecule has 2 heterocycles. The van der Waals surface area contributed by atoms with Gasteiger partial charge in [0.15, 0.2) is 0 Å². The molecule has 10 nitrogen and oxygen atoms in total. The van der Waals surface area contributed by atoms with Crippen LogP contribution in [0.25, 0.3) is 11.0 Å². The fourth-order valence-electron chi connectivity index (χ4n) is 3.71. The Morgan fingerprint density at radius 1 is 1.11 bits per heavy atom. The van der Waals surface area contributed by atoms with Gasteiger partial charge in [0, 0.05) is 43.3 Å². The Bertz CT molecular complexity index is 1450. The maximum atomic E-state index is 11.4. The number of rotatable bonds is 9. The zero-order chi connectivity index (χ0) is 25.2. The molecule has 2 N–H and O–H groups in total. The molecule has 0 fully saturated rings. The van der Waals surface area contributed by atoms with E-state index in [1.54, 1.807) is 30.5 Å². The average Bonchev–Trinajstić information content (AvgIpc) is 3.08. The molecular formula is C24H29N7O3S. The van der Waals surface area contributed by atoms with Crippen LogP contribution in [0.5, 0.6) is 5.75 Å². The summed E-state index contributed by atoms with van der Waals surface area (Å²) in [6.45, 7) is 6.90. The summed E-state index contributed by atoms with van der Waals surface area (Å²) in [5, 5.41) is 6.48. The molecule has 0 bridgehead atoms. The summed E-state index contributed by atoms with van der Waals surface area (Å²) >= 11 is 0. The zero-order valence-corrected chi connectivity index (χ0v) is 21.2. The highest BCUT2D eigenvalue weighted by Gasteiger charge is 2.14. The van der Waals surface area contributed by atoms with E-state index in [0.717, 1.165) is 28.9 Å². The monoisotopic (exact) mass is 495 g/mol. The van der Waals surface area contributed by atoms with Crippen LogP contribution in [-0.2, 0) is 17.2 Å². The topological polar surface area (TPSA) is 114 Å². The lowest BCUT2D eigenvalue weighted by molar-refractivity contribution is 0.493. The Morgan fingerprint density at radius 3 is 2.63 bits per heavy atom. The number of aryl methyl sites for hydroxylation is 1. The maximum absolute atomic E-state index is 11.4. The molecule has 11 heteroatoms. The van der Waals surface area contributed by atoms with Crippen molar-refractivity contribution < 1.29 is 12.6 Å². The van der Waals surface area contributed by atoms with E-state index in [9.17, 15) is 8.42 Å². The molecule has 0 saturated heterocycles. The molecular weight excluding hydrogens is 466 g/mol. The Morgan fingerprint density at radius 2 is 1.91 bits per heavy atom. The van der Waals surface area contributed by atoms with Crippen molar-refractivity contribution in [2.24, 2.45) is 7.05 Å². The molecule has 0 saturated carbocycles. The van der Waals surface area contributed by atoms with Gasteiger partial charge in [-0.15, -0.1) is 0 Å². The van der Waals surface area contributed by atoms with Gasteiger partial charge >= 0.3 is 10.1 Å². The van der Waals surface area contributed by atoms with Gasteiger partial charge in [-0.3, -0.25) is 0 Å². The number of fused-ring (bicyclic) bond motifs is 1. The van der Waals surface area contributed by atoms with Crippen LogP contribution in [0.3, 0.4) is 0 Å². The van der Waals surface area contributed by atoms with E-state index in [1.807, 2.05) is 29.8 Å². The normalized spacial score (nSPS) is 11.6. The maximum Gasteiger partial charge on any atom is 0.306 e. The van der Waals surface area contributed by atoms with Gasteiger partial charge in [0.2, 0.25) is 11.9 Å². The molecule has 2 aromatic carbocycles. The van der Waals surface area contributed by atoms with Crippen molar-refractivity contribution in [3.05, 3.63) is 54.7 Å². The Kier molecular flexibility index (Phi) is 6.79. The summed E-state index contributed by atoms with van der Waals surface area (Å²) in [5.41, 5.74) is 3.49. The lowest BCUT2D eigenvalue weighted by atomic mass is 10.2. The van der Waals surface area contributed by atoms with Crippen molar-refractivity contribution in [1.29, 1.82) is 0 Å². The first-order chi connectivity index (χ1) is 16.6. The summed E-state index contributed by atoms with van der Waals surface area (Å²) in [7, 11) is -1.62. The van der Waals surface area contributed by atoms with Gasteiger partial charge in [0.25, 0.3) is 0 Å². The van der Waals surface area contributed by atoms with Gasteiger partial charge in [-0.2, -0.15) is 13.4 Å². The standard InChI is InChI=1S/C24H29N7O3S/c1-6-31(18-10-11-21-20(15-18)28-24(30(21)4)26-16(2)3)22-12-13-25-23(29-22)27-17-8-7-9-19(14-17)34-35(5,32)33/h7-16H,6H2,1-5H3,(H,26,28)(H,25,27,29). The SMILES string of the molecule is CCN(c1ccc2c(c1)nc(NC(C)C)n2C)c1ccnc(Nc2cccc(OS(C)(=O)=O)c2)n1. The third kappa shape index (κ3) is 5.80. The van der Waals surface area contributed by atoms with E-state index in [1.165, 1.54) is 0 Å². The Balaban J connectivity index is 1.60. The van der Waals surface area contributed by atoms with E-state index in [-0.39, 0.29) is 11.8 Å². The van der Waals surface area contributed by atoms with E-state index in [0.29, 0.717) is 24.0 Å². The molecule has 0 atom stereocenters. The Labute approximate surface area is 205 Å². The second kappa shape index (κ2) is 9.79. The number of hydrogen-bond acceptors (Lipinski definition) is 9. The largest absolute Gasteiger partial charge is 0.383 e. The van der Waals surface area contributed by atoms with Gasteiger partial charge in [-0.1, -0.05) is 6.07 Å². The van der Waals surface area contributed by atoms with Gasteiger partial charge < -0.3 is 24.3 Å². The van der Waals surface area contributed by atoms with Crippen molar-refractivity contribution in [2.75, 3.05) is 28.3 Å². The minimum absolute atomic E-state index is 0.207. The molecule has 0 radical (unpaired) electrons. The number of hydrogen-bond donors (Lipinski definition) is 2. The molecule has 0 spiro atoms. The Hall–Kier alpha value is -3.86. The number of imidazole rings is 1. The lowest BCUT2D eigenvalue weighted by Gasteiger charge is -2.22. The first-order valence-electron chi connectivity index (χ1n) is 11.2. The second-order valence-corrected chi connectivity index (χ2v) is 9.96. The summed E-state index contributed by atoms with van der Waals surface area (Å²) < 4.78 is 29.8. The molecule has 184 valence electrons. The molecule has 2 aromatic heterocycles. The highest BCUT2D eigenvalue weighted by atomic mass is 32.2. The van der Waals surface area contributed by atoms with E-state index in [4.69, 9.17) is 9.17 Å². The molecule has 0 amide bonds. The van der Waals surface area contributed by atoms with Gasteiger partial charge in [-0.05, 0) is 57.2 Å². The van der Waals surface area contributed by atoms with Crippen molar-refractivity contribution in [3.8, 4) is 5.75 Å². The summed E-state index contributed by atoms with van der Waals surface area (Å²) in [6.07, 6.45) is 2.68. The van der Waals surface area contributed by atoms with Crippen LogP contribution in [0.1, 0.15) is 20.8 Å². The summed E-state index contributed by atoms with van der Waals surface area (Å²) in [5.74, 6) is 2.12. The molecule has 0 aliphatic heterocycles. The van der Waals surface area contributed by atoms with Crippen LogP contribution < -0.4 is 19.7 Å². The van der Waals surface area contributed by atoms with Crippen molar-refractivity contribution in [1.82, 2.24) is 19.5 Å². The molecule has 4 aromatic rings. The van der Waals surface area contributed by atoms with Crippen LogP contribution in [0.4, 0.5) is 29.1 Å². The highest BCUT2D eigenvalue weighted by molar-refractivity contribution is 7.86. The molecule has 35 heavy (non-hydrogen) atoms. The van der Waals surface area contributed by atoms with Gasteiger partial charge in [0.1, 0.15) is 11.6 Å². The number of benzene rings is 2. The number of anilines is 5. The number of aromatic nitrogens is 4. The number of nitrogens with one attached hydrogen (secondary N) is 2.